The predicted molar refractivity (Wildman–Crippen MR) is 96.4 cm³/mol. The Labute approximate surface area is 158 Å². The fourth-order valence-corrected chi connectivity index (χ4v) is 3.32. The number of anilines is 1. The Morgan fingerprint density at radius 2 is 1.68 bits per heavy atom. The molecule has 0 spiro atoms. The zero-order valence-electron chi connectivity index (χ0n) is 15.1. The lowest BCUT2D eigenvalue weighted by Gasteiger charge is -2.28. The molecule has 1 aromatic carbocycles. The van der Waals surface area contributed by atoms with Gasteiger partial charge >= 0.3 is 6.18 Å². The summed E-state index contributed by atoms with van der Waals surface area (Å²) in [7, 11) is 0. The van der Waals surface area contributed by atoms with Gasteiger partial charge in [0, 0.05) is 12.0 Å². The molecule has 9 heteroatoms. The maximum atomic E-state index is 12.8. The van der Waals surface area contributed by atoms with E-state index in [1.165, 1.54) is 12.1 Å². The fourth-order valence-electron chi connectivity index (χ4n) is 3.32. The average molecular weight is 387 g/mol. The van der Waals surface area contributed by atoms with Crippen LogP contribution >= 0.6 is 0 Å². The first-order valence-electron chi connectivity index (χ1n) is 8.58. The Morgan fingerprint density at radius 1 is 1.00 bits per heavy atom. The lowest BCUT2D eigenvalue weighted by Crippen LogP contribution is -2.29. The molecule has 6 nitrogen and oxygen atoms in total. The summed E-state index contributed by atoms with van der Waals surface area (Å²) in [6, 6.07) is 4.47. The number of fused-ring (bicyclic) bond motifs is 2. The van der Waals surface area contributed by atoms with Crippen molar-refractivity contribution in [3.8, 4) is 11.4 Å². The van der Waals surface area contributed by atoms with Gasteiger partial charge in [0.15, 0.2) is 28.6 Å². The molecular weight excluding hydrogens is 371 g/mol. The molecule has 0 amide bonds. The summed E-state index contributed by atoms with van der Waals surface area (Å²) in [6.07, 6.45) is -3.49. The number of rotatable bonds is 1. The van der Waals surface area contributed by atoms with E-state index in [-0.39, 0.29) is 39.7 Å². The number of benzene rings is 1. The molecule has 0 bridgehead atoms. The minimum Gasteiger partial charge on any atom is -0.382 e. The number of aromatic nitrogens is 4. The number of carbonyl (C=O) groups excluding carboxylic acids is 1. The number of halogens is 3. The number of hydrogen-bond acceptors (Lipinski definition) is 6. The smallest absolute Gasteiger partial charge is 0.382 e. The van der Waals surface area contributed by atoms with Gasteiger partial charge in [-0.2, -0.15) is 13.2 Å². The summed E-state index contributed by atoms with van der Waals surface area (Å²) in [5, 5.41) is 0. The molecule has 28 heavy (non-hydrogen) atoms. The SMILES string of the molecule is CC1(C)CC(=O)c2nc3c(N)nc(-c4ccc(C(F)(F)F)cc4)nc3nc2C1. The monoisotopic (exact) mass is 387 g/mol. The van der Waals surface area contributed by atoms with E-state index in [2.05, 4.69) is 19.9 Å². The molecule has 4 rings (SSSR count). The minimum absolute atomic E-state index is 0.0211. The van der Waals surface area contributed by atoms with Gasteiger partial charge in [-0.15, -0.1) is 0 Å². The van der Waals surface area contributed by atoms with Crippen LogP contribution in [0.25, 0.3) is 22.6 Å². The molecule has 2 N–H and O–H groups in total. The number of hydrogen-bond donors (Lipinski definition) is 1. The number of nitrogens with two attached hydrogens (primary N) is 1. The highest BCUT2D eigenvalue weighted by Crippen LogP contribution is 2.35. The number of carbonyl (C=O) groups is 1. The summed E-state index contributed by atoms with van der Waals surface area (Å²) >= 11 is 0. The van der Waals surface area contributed by atoms with Gasteiger partial charge in [0.2, 0.25) is 0 Å². The lowest BCUT2D eigenvalue weighted by molar-refractivity contribution is -0.137. The van der Waals surface area contributed by atoms with Crippen LogP contribution in [0.15, 0.2) is 24.3 Å². The predicted octanol–water partition coefficient (Wildman–Crippen LogP) is 3.84. The van der Waals surface area contributed by atoms with Crippen LogP contribution in [0.3, 0.4) is 0 Å². The second-order valence-electron chi connectivity index (χ2n) is 7.64. The van der Waals surface area contributed by atoms with Crippen LogP contribution in [0.5, 0.6) is 0 Å². The van der Waals surface area contributed by atoms with Crippen LogP contribution in [0.4, 0.5) is 19.0 Å². The maximum absolute atomic E-state index is 12.8. The lowest BCUT2D eigenvalue weighted by atomic mass is 9.77. The summed E-state index contributed by atoms with van der Waals surface area (Å²) in [5.41, 5.74) is 6.61. The largest absolute Gasteiger partial charge is 0.416 e. The molecule has 0 saturated heterocycles. The van der Waals surface area contributed by atoms with Crippen LogP contribution in [0.1, 0.15) is 42.0 Å². The first-order chi connectivity index (χ1) is 13.0. The summed E-state index contributed by atoms with van der Waals surface area (Å²) in [4.78, 5) is 29.6. The molecule has 0 unspecified atom stereocenters. The van der Waals surface area contributed by atoms with E-state index in [0.29, 0.717) is 24.1 Å². The molecule has 0 saturated carbocycles. The van der Waals surface area contributed by atoms with Crippen molar-refractivity contribution < 1.29 is 18.0 Å². The third-order valence-electron chi connectivity index (χ3n) is 4.65. The number of alkyl halides is 3. The first-order valence-corrected chi connectivity index (χ1v) is 8.58. The summed E-state index contributed by atoms with van der Waals surface area (Å²) < 4.78 is 38.3. The maximum Gasteiger partial charge on any atom is 0.416 e. The van der Waals surface area contributed by atoms with E-state index >= 15 is 0 Å². The van der Waals surface area contributed by atoms with Crippen LogP contribution in [0, 0.1) is 5.41 Å². The Bertz CT molecular complexity index is 1110. The minimum atomic E-state index is -4.42. The van der Waals surface area contributed by atoms with Crippen molar-refractivity contribution >= 4 is 22.8 Å². The molecule has 1 aliphatic rings. The van der Waals surface area contributed by atoms with E-state index in [4.69, 9.17) is 5.73 Å². The molecular formula is C19H16F3N5O. The number of ketones is 1. The van der Waals surface area contributed by atoms with Crippen LogP contribution in [-0.4, -0.2) is 25.7 Å². The van der Waals surface area contributed by atoms with Crippen molar-refractivity contribution in [1.82, 2.24) is 19.9 Å². The van der Waals surface area contributed by atoms with Crippen molar-refractivity contribution in [2.24, 2.45) is 5.41 Å². The Kier molecular flexibility index (Phi) is 3.88. The normalized spacial score (nSPS) is 16.2. The fraction of sp³-hybridized carbons (Fsp3) is 0.316. The van der Waals surface area contributed by atoms with Crippen molar-refractivity contribution in [2.45, 2.75) is 32.9 Å². The highest BCUT2D eigenvalue weighted by molar-refractivity contribution is 5.99. The van der Waals surface area contributed by atoms with Gasteiger partial charge in [0.1, 0.15) is 5.69 Å². The van der Waals surface area contributed by atoms with Crippen molar-refractivity contribution in [3.05, 3.63) is 41.2 Å². The standard InChI is InChI=1S/C19H16F3N5O/c1-18(2)7-11-13(12(28)8-18)25-14-15(23)26-16(27-17(14)24-11)9-3-5-10(6-4-9)19(20,21)22/h3-6H,7-8H2,1-2H3,(H2,23,24,26,27). The van der Waals surface area contributed by atoms with Gasteiger partial charge in [0.25, 0.3) is 0 Å². The molecule has 3 aromatic rings. The number of nitrogen functional groups attached to an aromatic ring is 1. The highest BCUT2D eigenvalue weighted by atomic mass is 19.4. The third kappa shape index (κ3) is 3.17. The van der Waals surface area contributed by atoms with Crippen molar-refractivity contribution in [1.29, 1.82) is 0 Å². The zero-order chi connectivity index (χ0) is 20.3. The molecule has 0 fully saturated rings. The second-order valence-corrected chi connectivity index (χ2v) is 7.64. The molecule has 2 heterocycles. The van der Waals surface area contributed by atoms with E-state index < -0.39 is 11.7 Å². The Morgan fingerprint density at radius 3 is 2.32 bits per heavy atom. The Balaban J connectivity index is 1.82. The average Bonchev–Trinajstić information content (AvgIpc) is 2.59. The molecule has 0 radical (unpaired) electrons. The first kappa shape index (κ1) is 18.3. The number of Topliss-reactive ketones (excluding diaryl/α,β-unsaturated/α-hetero) is 1. The van der Waals surface area contributed by atoms with Crippen molar-refractivity contribution in [3.63, 3.8) is 0 Å². The van der Waals surface area contributed by atoms with E-state index in [0.717, 1.165) is 12.1 Å². The second kappa shape index (κ2) is 5.95. The highest BCUT2D eigenvalue weighted by Gasteiger charge is 2.34. The molecule has 0 atom stereocenters. The Hall–Kier alpha value is -3.10. The van der Waals surface area contributed by atoms with Crippen LogP contribution < -0.4 is 5.73 Å². The zero-order valence-corrected chi connectivity index (χ0v) is 15.1. The van der Waals surface area contributed by atoms with Gasteiger partial charge in [-0.3, -0.25) is 4.79 Å². The molecule has 2 aromatic heterocycles. The third-order valence-corrected chi connectivity index (χ3v) is 4.65. The van der Waals surface area contributed by atoms with Gasteiger partial charge in [0.05, 0.1) is 11.3 Å². The van der Waals surface area contributed by atoms with Crippen LogP contribution in [0.2, 0.25) is 0 Å². The van der Waals surface area contributed by atoms with E-state index in [1.807, 2.05) is 13.8 Å². The number of nitrogens with zero attached hydrogens (tertiary/aromatic N) is 4. The summed E-state index contributed by atoms with van der Waals surface area (Å²) in [6.45, 7) is 3.95. The molecule has 144 valence electrons. The van der Waals surface area contributed by atoms with Gasteiger partial charge < -0.3 is 5.73 Å². The van der Waals surface area contributed by atoms with E-state index in [1.54, 1.807) is 0 Å². The quantitative estimate of drug-likeness (QED) is 0.682. The van der Waals surface area contributed by atoms with E-state index in [9.17, 15) is 18.0 Å². The van der Waals surface area contributed by atoms with Crippen LogP contribution in [-0.2, 0) is 12.6 Å². The van der Waals surface area contributed by atoms with Gasteiger partial charge in [-0.25, -0.2) is 19.9 Å². The summed E-state index contributed by atoms with van der Waals surface area (Å²) in [5.74, 6) is 0.0640. The van der Waals surface area contributed by atoms with Gasteiger partial charge in [-0.1, -0.05) is 26.0 Å². The van der Waals surface area contributed by atoms with Crippen molar-refractivity contribution in [2.75, 3.05) is 5.73 Å². The van der Waals surface area contributed by atoms with Gasteiger partial charge in [-0.05, 0) is 24.0 Å². The topological polar surface area (TPSA) is 94.7 Å². The molecule has 1 aliphatic carbocycles. The molecule has 0 aliphatic heterocycles.